The summed E-state index contributed by atoms with van der Waals surface area (Å²) in [5.74, 6) is -0.145. The highest BCUT2D eigenvalue weighted by Gasteiger charge is 2.22. The molecule has 0 bridgehead atoms. The Balaban J connectivity index is 2.38. The molecule has 6 nitrogen and oxygen atoms in total. The van der Waals surface area contributed by atoms with Gasteiger partial charge in [-0.3, -0.25) is 0 Å². The maximum absolute atomic E-state index is 12.1. The van der Waals surface area contributed by atoms with Crippen molar-refractivity contribution in [3.05, 3.63) is 34.2 Å². The minimum atomic E-state index is -0.608. The second-order valence-electron chi connectivity index (χ2n) is 5.63. The van der Waals surface area contributed by atoms with Gasteiger partial charge < -0.3 is 14.5 Å². The molecule has 1 aromatic carbocycles. The van der Waals surface area contributed by atoms with E-state index in [0.29, 0.717) is 17.3 Å². The van der Waals surface area contributed by atoms with Crippen molar-refractivity contribution in [1.29, 1.82) is 0 Å². The van der Waals surface area contributed by atoms with Crippen LogP contribution >= 0.6 is 0 Å². The summed E-state index contributed by atoms with van der Waals surface area (Å²) >= 11 is 0. The lowest BCUT2D eigenvalue weighted by Gasteiger charge is -2.17. The van der Waals surface area contributed by atoms with Crippen LogP contribution in [0.1, 0.15) is 25.8 Å². The van der Waals surface area contributed by atoms with Gasteiger partial charge in [-0.2, -0.15) is 4.98 Å². The molecule has 1 heterocycles. The van der Waals surface area contributed by atoms with E-state index in [9.17, 15) is 9.59 Å². The third-order valence-corrected chi connectivity index (χ3v) is 3.36. The van der Waals surface area contributed by atoms with Crippen molar-refractivity contribution in [2.24, 2.45) is 5.92 Å². The monoisotopic (exact) mass is 304 g/mol. The number of benzene rings is 1. The molecule has 0 fully saturated rings. The minimum absolute atomic E-state index is 0.0270. The molecule has 0 unspecified atom stereocenters. The van der Waals surface area contributed by atoms with Gasteiger partial charge in [-0.25, -0.2) is 9.59 Å². The van der Waals surface area contributed by atoms with Gasteiger partial charge in [0.05, 0.1) is 18.0 Å². The SMILES string of the molecule is COC(=O)[C@H](CC(C)C)Nc1nc2cccc(C)c2c(=O)o1. The number of fused-ring (bicyclic) bond motifs is 1. The number of rotatable bonds is 5. The maximum atomic E-state index is 12.1. The molecule has 0 aliphatic heterocycles. The van der Waals surface area contributed by atoms with Crippen molar-refractivity contribution in [3.63, 3.8) is 0 Å². The summed E-state index contributed by atoms with van der Waals surface area (Å²) in [4.78, 5) is 28.2. The molecule has 6 heteroatoms. The number of aromatic nitrogens is 1. The van der Waals surface area contributed by atoms with Gasteiger partial charge in [-0.1, -0.05) is 26.0 Å². The van der Waals surface area contributed by atoms with Crippen LogP contribution < -0.4 is 10.9 Å². The maximum Gasteiger partial charge on any atom is 0.348 e. The van der Waals surface area contributed by atoms with E-state index in [-0.39, 0.29) is 11.9 Å². The zero-order valence-electron chi connectivity index (χ0n) is 13.2. The molecule has 0 aliphatic rings. The number of hydrogen-bond acceptors (Lipinski definition) is 6. The number of ether oxygens (including phenoxy) is 1. The Kier molecular flexibility index (Phi) is 4.80. The Morgan fingerprint density at radius 1 is 1.41 bits per heavy atom. The van der Waals surface area contributed by atoms with Gasteiger partial charge in [0.1, 0.15) is 6.04 Å². The number of nitrogens with one attached hydrogen (secondary N) is 1. The number of aryl methyl sites for hydroxylation is 1. The van der Waals surface area contributed by atoms with Crippen LogP contribution in [0.4, 0.5) is 6.01 Å². The highest BCUT2D eigenvalue weighted by Crippen LogP contribution is 2.17. The summed E-state index contributed by atoms with van der Waals surface area (Å²) in [6, 6.07) is 4.80. The fourth-order valence-electron chi connectivity index (χ4n) is 2.32. The molecule has 0 aliphatic carbocycles. The summed E-state index contributed by atoms with van der Waals surface area (Å²) in [6.45, 7) is 5.81. The van der Waals surface area contributed by atoms with Crippen LogP contribution in [-0.2, 0) is 9.53 Å². The van der Waals surface area contributed by atoms with E-state index in [4.69, 9.17) is 9.15 Å². The number of esters is 1. The molecule has 118 valence electrons. The van der Waals surface area contributed by atoms with Gasteiger partial charge in [-0.05, 0) is 30.9 Å². The minimum Gasteiger partial charge on any atom is -0.467 e. The Morgan fingerprint density at radius 2 is 2.14 bits per heavy atom. The Bertz CT molecular complexity index is 736. The van der Waals surface area contributed by atoms with Crippen LogP contribution in [0.25, 0.3) is 10.9 Å². The Morgan fingerprint density at radius 3 is 2.77 bits per heavy atom. The fraction of sp³-hybridized carbons (Fsp3) is 0.438. The quantitative estimate of drug-likeness (QED) is 0.855. The van der Waals surface area contributed by atoms with Gasteiger partial charge in [-0.15, -0.1) is 0 Å². The lowest BCUT2D eigenvalue weighted by molar-refractivity contribution is -0.141. The second-order valence-corrected chi connectivity index (χ2v) is 5.63. The van der Waals surface area contributed by atoms with E-state index < -0.39 is 17.6 Å². The van der Waals surface area contributed by atoms with E-state index in [1.807, 2.05) is 32.9 Å². The fourth-order valence-corrected chi connectivity index (χ4v) is 2.32. The van der Waals surface area contributed by atoms with Crippen molar-refractivity contribution >= 4 is 22.9 Å². The zero-order chi connectivity index (χ0) is 16.3. The standard InChI is InChI=1S/C16H20N2O4/c1-9(2)8-12(14(19)21-4)18-16-17-11-7-5-6-10(3)13(11)15(20)22-16/h5-7,9,12H,8H2,1-4H3,(H,17,18)/t12-/m0/s1. The first-order valence-corrected chi connectivity index (χ1v) is 7.17. The van der Waals surface area contributed by atoms with Crippen LogP contribution in [0.5, 0.6) is 0 Å². The molecule has 0 amide bonds. The van der Waals surface area contributed by atoms with Crippen LogP contribution in [0.15, 0.2) is 27.4 Å². The predicted molar refractivity (Wildman–Crippen MR) is 83.9 cm³/mol. The first kappa shape index (κ1) is 16.0. The molecular formula is C16H20N2O4. The first-order valence-electron chi connectivity index (χ1n) is 7.17. The predicted octanol–water partition coefficient (Wildman–Crippen LogP) is 2.50. The van der Waals surface area contributed by atoms with Crippen LogP contribution in [0.2, 0.25) is 0 Å². The number of hydrogen-bond donors (Lipinski definition) is 1. The number of carbonyl (C=O) groups is 1. The van der Waals surface area contributed by atoms with Crippen molar-refractivity contribution < 1.29 is 13.9 Å². The van der Waals surface area contributed by atoms with E-state index in [1.165, 1.54) is 7.11 Å². The van der Waals surface area contributed by atoms with Crippen molar-refractivity contribution in [2.45, 2.75) is 33.2 Å². The van der Waals surface area contributed by atoms with Gasteiger partial charge in [0.2, 0.25) is 0 Å². The van der Waals surface area contributed by atoms with Crippen molar-refractivity contribution in [2.75, 3.05) is 12.4 Å². The Hall–Kier alpha value is -2.37. The largest absolute Gasteiger partial charge is 0.467 e. The van der Waals surface area contributed by atoms with Gasteiger partial charge in [0.15, 0.2) is 0 Å². The van der Waals surface area contributed by atoms with Crippen molar-refractivity contribution in [1.82, 2.24) is 4.98 Å². The third-order valence-electron chi connectivity index (χ3n) is 3.36. The molecule has 0 radical (unpaired) electrons. The first-order chi connectivity index (χ1) is 10.4. The highest BCUT2D eigenvalue weighted by molar-refractivity contribution is 5.82. The molecule has 1 atom stereocenters. The Labute approximate surface area is 128 Å². The molecular weight excluding hydrogens is 284 g/mol. The molecule has 2 rings (SSSR count). The second kappa shape index (κ2) is 6.60. The topological polar surface area (TPSA) is 81.4 Å². The van der Waals surface area contributed by atoms with Crippen LogP contribution in [-0.4, -0.2) is 24.1 Å². The molecule has 0 saturated carbocycles. The molecule has 0 saturated heterocycles. The van der Waals surface area contributed by atoms with E-state index >= 15 is 0 Å². The average molecular weight is 304 g/mol. The number of anilines is 1. The normalized spacial score (nSPS) is 12.4. The summed E-state index contributed by atoms with van der Waals surface area (Å²) in [5, 5.41) is 3.31. The van der Waals surface area contributed by atoms with Gasteiger partial charge in [0, 0.05) is 0 Å². The van der Waals surface area contributed by atoms with Crippen LogP contribution in [0, 0.1) is 12.8 Å². The average Bonchev–Trinajstić information content (AvgIpc) is 2.45. The molecule has 1 aromatic heterocycles. The van der Waals surface area contributed by atoms with E-state index in [2.05, 4.69) is 10.3 Å². The van der Waals surface area contributed by atoms with Gasteiger partial charge in [0.25, 0.3) is 6.01 Å². The molecule has 1 N–H and O–H groups in total. The smallest absolute Gasteiger partial charge is 0.348 e. The van der Waals surface area contributed by atoms with Crippen LogP contribution in [0.3, 0.4) is 0 Å². The summed E-state index contributed by atoms with van der Waals surface area (Å²) < 4.78 is 9.97. The lowest BCUT2D eigenvalue weighted by Crippen LogP contribution is -2.32. The summed E-state index contributed by atoms with van der Waals surface area (Å²) in [7, 11) is 1.32. The molecule has 2 aromatic rings. The third kappa shape index (κ3) is 3.44. The summed E-state index contributed by atoms with van der Waals surface area (Å²) in [6.07, 6.45) is 0.546. The number of methoxy groups -OCH3 is 1. The van der Waals surface area contributed by atoms with E-state index in [0.717, 1.165) is 5.56 Å². The summed E-state index contributed by atoms with van der Waals surface area (Å²) in [5.41, 5.74) is 0.864. The molecule has 22 heavy (non-hydrogen) atoms. The lowest BCUT2D eigenvalue weighted by atomic mass is 10.0. The van der Waals surface area contributed by atoms with E-state index in [1.54, 1.807) is 6.07 Å². The van der Waals surface area contributed by atoms with Crippen molar-refractivity contribution in [3.8, 4) is 0 Å². The molecule has 0 spiro atoms. The highest BCUT2D eigenvalue weighted by atomic mass is 16.5. The zero-order valence-corrected chi connectivity index (χ0v) is 13.2. The van der Waals surface area contributed by atoms with Gasteiger partial charge >= 0.3 is 11.6 Å². The number of carbonyl (C=O) groups excluding carboxylic acids is 1. The number of nitrogens with zero attached hydrogens (tertiary/aromatic N) is 1.